The minimum absolute atomic E-state index is 0.504. The van der Waals surface area contributed by atoms with Crippen molar-refractivity contribution in [2.75, 3.05) is 32.7 Å². The highest BCUT2D eigenvalue weighted by molar-refractivity contribution is 5.81. The highest BCUT2D eigenvalue weighted by Gasteiger charge is 2.19. The third-order valence-corrected chi connectivity index (χ3v) is 3.71. The van der Waals surface area contributed by atoms with Gasteiger partial charge in [-0.15, -0.1) is 0 Å². The average Bonchev–Trinajstić information content (AvgIpc) is 2.75. The van der Waals surface area contributed by atoms with Gasteiger partial charge in [0.1, 0.15) is 0 Å². The Morgan fingerprint density at radius 2 is 2.18 bits per heavy atom. The summed E-state index contributed by atoms with van der Waals surface area (Å²) in [4.78, 5) is 7.02. The van der Waals surface area contributed by atoms with E-state index in [1.165, 1.54) is 38.9 Å². The van der Waals surface area contributed by atoms with Crippen molar-refractivity contribution in [2.45, 2.75) is 39.2 Å². The van der Waals surface area contributed by atoms with Gasteiger partial charge in [0.05, 0.1) is 6.54 Å². The molecule has 4 nitrogen and oxygen atoms in total. The first-order valence-electron chi connectivity index (χ1n) is 7.05. The van der Waals surface area contributed by atoms with E-state index in [1.807, 2.05) is 0 Å². The SMILES string of the molecule is CCCN1CCC(CNC2=NCC(C)N2)CC1. The lowest BCUT2D eigenvalue weighted by Gasteiger charge is -2.31. The molecule has 2 rings (SSSR count). The lowest BCUT2D eigenvalue weighted by atomic mass is 9.97. The van der Waals surface area contributed by atoms with E-state index < -0.39 is 0 Å². The largest absolute Gasteiger partial charge is 0.356 e. The van der Waals surface area contributed by atoms with E-state index in [9.17, 15) is 0 Å². The fraction of sp³-hybridized carbons (Fsp3) is 0.923. The molecule has 2 aliphatic rings. The number of nitrogens with zero attached hydrogens (tertiary/aromatic N) is 2. The highest BCUT2D eigenvalue weighted by atomic mass is 15.2. The molecule has 1 fully saturated rings. The lowest BCUT2D eigenvalue weighted by molar-refractivity contribution is 0.185. The molecule has 0 aromatic rings. The smallest absolute Gasteiger partial charge is 0.191 e. The van der Waals surface area contributed by atoms with Gasteiger partial charge in [-0.05, 0) is 51.7 Å². The number of rotatable bonds is 4. The fourth-order valence-corrected chi connectivity index (χ4v) is 2.63. The topological polar surface area (TPSA) is 39.7 Å². The summed E-state index contributed by atoms with van der Waals surface area (Å²) in [5.74, 6) is 1.83. The van der Waals surface area contributed by atoms with Gasteiger partial charge >= 0.3 is 0 Å². The van der Waals surface area contributed by atoms with Gasteiger partial charge in [-0.25, -0.2) is 0 Å². The summed E-state index contributed by atoms with van der Waals surface area (Å²) in [5.41, 5.74) is 0. The van der Waals surface area contributed by atoms with Gasteiger partial charge in [0.15, 0.2) is 5.96 Å². The van der Waals surface area contributed by atoms with Crippen LogP contribution >= 0.6 is 0 Å². The first kappa shape index (κ1) is 12.7. The molecule has 0 aromatic heterocycles. The van der Waals surface area contributed by atoms with Crippen molar-refractivity contribution < 1.29 is 0 Å². The minimum Gasteiger partial charge on any atom is -0.356 e. The van der Waals surface area contributed by atoms with E-state index in [2.05, 4.69) is 34.4 Å². The summed E-state index contributed by atoms with van der Waals surface area (Å²) in [6.45, 7) is 10.2. The van der Waals surface area contributed by atoms with Crippen molar-refractivity contribution >= 4 is 5.96 Å². The molecule has 98 valence electrons. The van der Waals surface area contributed by atoms with Crippen LogP contribution in [0.4, 0.5) is 0 Å². The zero-order valence-electron chi connectivity index (χ0n) is 11.2. The number of likely N-dealkylation sites (tertiary alicyclic amines) is 1. The average molecular weight is 238 g/mol. The van der Waals surface area contributed by atoms with Gasteiger partial charge < -0.3 is 15.5 Å². The molecule has 0 amide bonds. The molecule has 0 radical (unpaired) electrons. The monoisotopic (exact) mass is 238 g/mol. The molecule has 2 aliphatic heterocycles. The summed E-state index contributed by atoms with van der Waals surface area (Å²) < 4.78 is 0. The molecule has 1 atom stereocenters. The lowest BCUT2D eigenvalue weighted by Crippen LogP contribution is -2.42. The van der Waals surface area contributed by atoms with E-state index in [4.69, 9.17) is 0 Å². The second kappa shape index (κ2) is 6.24. The Balaban J connectivity index is 1.62. The second-order valence-corrected chi connectivity index (χ2v) is 5.40. The minimum atomic E-state index is 0.504. The number of nitrogens with one attached hydrogen (secondary N) is 2. The maximum Gasteiger partial charge on any atom is 0.191 e. The Labute approximate surface area is 105 Å². The molecule has 0 saturated carbocycles. The van der Waals surface area contributed by atoms with Crippen LogP contribution in [-0.2, 0) is 0 Å². The predicted octanol–water partition coefficient (Wildman–Crippen LogP) is 1.05. The Morgan fingerprint density at radius 3 is 2.76 bits per heavy atom. The van der Waals surface area contributed by atoms with Crippen molar-refractivity contribution in [1.29, 1.82) is 0 Å². The molecule has 0 bridgehead atoms. The van der Waals surface area contributed by atoms with Crippen LogP contribution in [-0.4, -0.2) is 49.6 Å². The molecule has 17 heavy (non-hydrogen) atoms. The van der Waals surface area contributed by atoms with Crippen LogP contribution in [0.5, 0.6) is 0 Å². The number of piperidine rings is 1. The van der Waals surface area contributed by atoms with E-state index in [0.29, 0.717) is 6.04 Å². The van der Waals surface area contributed by atoms with Crippen molar-refractivity contribution in [3.63, 3.8) is 0 Å². The van der Waals surface area contributed by atoms with Crippen LogP contribution in [0.1, 0.15) is 33.1 Å². The van der Waals surface area contributed by atoms with Crippen LogP contribution in [0.3, 0.4) is 0 Å². The molecule has 1 unspecified atom stereocenters. The van der Waals surface area contributed by atoms with Gasteiger partial charge in [0.2, 0.25) is 0 Å². The van der Waals surface area contributed by atoms with E-state index in [0.717, 1.165) is 25.0 Å². The van der Waals surface area contributed by atoms with Crippen molar-refractivity contribution in [3.8, 4) is 0 Å². The van der Waals surface area contributed by atoms with E-state index in [1.54, 1.807) is 0 Å². The Hall–Kier alpha value is -0.770. The third-order valence-electron chi connectivity index (χ3n) is 3.71. The van der Waals surface area contributed by atoms with Crippen molar-refractivity contribution in [3.05, 3.63) is 0 Å². The van der Waals surface area contributed by atoms with Crippen LogP contribution in [0.2, 0.25) is 0 Å². The number of hydrogen-bond donors (Lipinski definition) is 2. The Kier molecular flexibility index (Phi) is 4.66. The van der Waals surface area contributed by atoms with Crippen LogP contribution in [0.15, 0.2) is 4.99 Å². The summed E-state index contributed by atoms with van der Waals surface area (Å²) >= 11 is 0. The number of guanidine groups is 1. The summed E-state index contributed by atoms with van der Waals surface area (Å²) in [5, 5.41) is 6.80. The zero-order chi connectivity index (χ0) is 12.1. The maximum absolute atomic E-state index is 4.43. The first-order chi connectivity index (χ1) is 8.28. The summed E-state index contributed by atoms with van der Waals surface area (Å²) in [6, 6.07) is 0.504. The third kappa shape index (κ3) is 3.87. The number of hydrogen-bond acceptors (Lipinski definition) is 4. The van der Waals surface area contributed by atoms with Gasteiger partial charge in [-0.3, -0.25) is 4.99 Å². The van der Waals surface area contributed by atoms with Crippen molar-refractivity contribution in [2.24, 2.45) is 10.9 Å². The molecular formula is C13H26N4. The highest BCUT2D eigenvalue weighted by Crippen LogP contribution is 2.16. The maximum atomic E-state index is 4.43. The normalized spacial score (nSPS) is 26.7. The number of aliphatic imine (C=N–C) groups is 1. The van der Waals surface area contributed by atoms with Crippen molar-refractivity contribution in [1.82, 2.24) is 15.5 Å². The molecular weight excluding hydrogens is 212 g/mol. The van der Waals surface area contributed by atoms with Gasteiger partial charge in [0.25, 0.3) is 0 Å². The first-order valence-corrected chi connectivity index (χ1v) is 7.05. The van der Waals surface area contributed by atoms with Crippen LogP contribution in [0.25, 0.3) is 0 Å². The van der Waals surface area contributed by atoms with Gasteiger partial charge in [0, 0.05) is 12.6 Å². The molecule has 0 spiro atoms. The standard InChI is InChI=1S/C13H26N4/c1-3-6-17-7-4-12(5-8-17)10-15-13-14-9-11(2)16-13/h11-12H,3-10H2,1-2H3,(H2,14,15,16). The zero-order valence-corrected chi connectivity index (χ0v) is 11.2. The predicted molar refractivity (Wildman–Crippen MR) is 72.4 cm³/mol. The molecule has 1 saturated heterocycles. The molecule has 0 aliphatic carbocycles. The summed E-state index contributed by atoms with van der Waals surface area (Å²) in [6.07, 6.45) is 3.94. The van der Waals surface area contributed by atoms with Gasteiger partial charge in [-0.2, -0.15) is 0 Å². The van der Waals surface area contributed by atoms with Gasteiger partial charge in [-0.1, -0.05) is 6.92 Å². The van der Waals surface area contributed by atoms with E-state index in [-0.39, 0.29) is 0 Å². The Morgan fingerprint density at radius 1 is 1.41 bits per heavy atom. The Bertz CT molecular complexity index is 256. The molecule has 4 heteroatoms. The molecule has 2 N–H and O–H groups in total. The van der Waals surface area contributed by atoms with E-state index >= 15 is 0 Å². The summed E-state index contributed by atoms with van der Waals surface area (Å²) in [7, 11) is 0. The quantitative estimate of drug-likeness (QED) is 0.769. The second-order valence-electron chi connectivity index (χ2n) is 5.40. The van der Waals surface area contributed by atoms with Crippen LogP contribution in [0, 0.1) is 5.92 Å². The van der Waals surface area contributed by atoms with Crippen LogP contribution < -0.4 is 10.6 Å². The molecule has 0 aromatic carbocycles. The fourth-order valence-electron chi connectivity index (χ4n) is 2.63. The molecule has 2 heterocycles.